The fourth-order valence-corrected chi connectivity index (χ4v) is 2.23. The van der Waals surface area contributed by atoms with Crippen LogP contribution in [0.4, 0.5) is 5.69 Å². The van der Waals surface area contributed by atoms with Crippen LogP contribution < -0.4 is 5.73 Å². The third kappa shape index (κ3) is 2.03. The van der Waals surface area contributed by atoms with Crippen molar-refractivity contribution in [2.45, 2.75) is 38.5 Å². The topological polar surface area (TPSA) is 51.8 Å². The molecule has 1 aromatic heterocycles. The average molecular weight is 191 g/mol. The second-order valence-electron chi connectivity index (χ2n) is 4.34. The van der Waals surface area contributed by atoms with E-state index in [1.165, 1.54) is 25.7 Å². The first-order valence-electron chi connectivity index (χ1n) is 5.33. The maximum Gasteiger partial charge on any atom is 0.131 e. The lowest BCUT2D eigenvalue weighted by molar-refractivity contribution is 0.335. The first-order chi connectivity index (χ1) is 6.75. The van der Waals surface area contributed by atoms with Crippen molar-refractivity contribution >= 4 is 5.69 Å². The Balaban J connectivity index is 2.10. The summed E-state index contributed by atoms with van der Waals surface area (Å²) in [6.45, 7) is 2.31. The molecule has 2 rings (SSSR count). The number of hydrogen-bond donors (Lipinski definition) is 1. The predicted octanol–water partition coefficient (Wildman–Crippen LogP) is 2.35. The van der Waals surface area contributed by atoms with E-state index >= 15 is 0 Å². The minimum Gasteiger partial charge on any atom is -0.396 e. The second-order valence-corrected chi connectivity index (χ2v) is 4.34. The van der Waals surface area contributed by atoms with E-state index in [4.69, 9.17) is 5.73 Å². The Hall–Kier alpha value is -1.12. The van der Waals surface area contributed by atoms with Crippen LogP contribution in [0.1, 0.15) is 44.3 Å². The van der Waals surface area contributed by atoms with Gasteiger partial charge in [0, 0.05) is 5.92 Å². The Bertz CT molecular complexity index is 294. The van der Waals surface area contributed by atoms with Crippen molar-refractivity contribution in [2.24, 2.45) is 5.92 Å². The van der Waals surface area contributed by atoms with Gasteiger partial charge in [-0.05, 0) is 18.8 Å². The van der Waals surface area contributed by atoms with E-state index in [1.807, 2.05) is 0 Å². The monoisotopic (exact) mass is 191 g/mol. The molecule has 3 nitrogen and oxygen atoms in total. The van der Waals surface area contributed by atoms with Gasteiger partial charge in [0.25, 0.3) is 0 Å². The van der Waals surface area contributed by atoms with Gasteiger partial charge in [-0.1, -0.05) is 19.8 Å². The Labute approximate surface area is 84.8 Å². The molecule has 1 aliphatic rings. The van der Waals surface area contributed by atoms with E-state index in [9.17, 15) is 0 Å². The van der Waals surface area contributed by atoms with E-state index in [0.717, 1.165) is 11.7 Å². The van der Waals surface area contributed by atoms with Crippen LogP contribution in [-0.2, 0) is 0 Å². The number of nitrogens with two attached hydrogens (primary N) is 1. The van der Waals surface area contributed by atoms with Crippen LogP contribution >= 0.6 is 0 Å². The van der Waals surface area contributed by atoms with E-state index < -0.39 is 0 Å². The number of anilines is 1. The molecule has 76 valence electrons. The van der Waals surface area contributed by atoms with E-state index in [-0.39, 0.29) is 0 Å². The van der Waals surface area contributed by atoms with Gasteiger partial charge in [-0.2, -0.15) is 0 Å². The zero-order chi connectivity index (χ0) is 9.97. The van der Waals surface area contributed by atoms with Gasteiger partial charge in [-0.3, -0.25) is 0 Å². The summed E-state index contributed by atoms with van der Waals surface area (Å²) in [6.07, 6.45) is 8.53. The van der Waals surface area contributed by atoms with Crippen molar-refractivity contribution < 1.29 is 0 Å². The van der Waals surface area contributed by atoms with Gasteiger partial charge >= 0.3 is 0 Å². The largest absolute Gasteiger partial charge is 0.396 e. The molecule has 1 aromatic rings. The third-order valence-electron chi connectivity index (χ3n) is 2.99. The Morgan fingerprint density at radius 3 is 2.64 bits per heavy atom. The van der Waals surface area contributed by atoms with Crippen LogP contribution in [-0.4, -0.2) is 9.97 Å². The number of nitrogens with zero attached hydrogens (tertiary/aromatic N) is 2. The molecule has 1 saturated carbocycles. The number of rotatable bonds is 1. The van der Waals surface area contributed by atoms with Crippen molar-refractivity contribution in [3.63, 3.8) is 0 Å². The first-order valence-corrected chi connectivity index (χ1v) is 5.33. The molecule has 14 heavy (non-hydrogen) atoms. The maximum absolute atomic E-state index is 5.56. The van der Waals surface area contributed by atoms with Gasteiger partial charge in [0.1, 0.15) is 5.82 Å². The number of nitrogen functional groups attached to an aromatic ring is 1. The molecule has 2 N–H and O–H groups in total. The number of aromatic nitrogens is 2. The quantitative estimate of drug-likeness (QED) is 0.741. The third-order valence-corrected chi connectivity index (χ3v) is 2.99. The highest BCUT2D eigenvalue weighted by atomic mass is 14.9. The summed E-state index contributed by atoms with van der Waals surface area (Å²) in [6, 6.07) is 0. The van der Waals surface area contributed by atoms with E-state index in [1.54, 1.807) is 12.4 Å². The van der Waals surface area contributed by atoms with Gasteiger partial charge in [0.05, 0.1) is 18.1 Å². The highest BCUT2D eigenvalue weighted by molar-refractivity contribution is 5.30. The highest BCUT2D eigenvalue weighted by Crippen LogP contribution is 2.34. The molecule has 1 fully saturated rings. The van der Waals surface area contributed by atoms with Crippen molar-refractivity contribution in [2.75, 3.05) is 5.73 Å². The van der Waals surface area contributed by atoms with Crippen LogP contribution in [0.15, 0.2) is 12.4 Å². The molecule has 0 bridgehead atoms. The van der Waals surface area contributed by atoms with Gasteiger partial charge in [0.2, 0.25) is 0 Å². The molecular weight excluding hydrogens is 174 g/mol. The molecule has 0 spiro atoms. The molecule has 0 radical (unpaired) electrons. The molecule has 3 heteroatoms. The van der Waals surface area contributed by atoms with Gasteiger partial charge in [0.15, 0.2) is 0 Å². The normalized spacial score (nSPS) is 27.5. The molecular formula is C11H17N3. The zero-order valence-electron chi connectivity index (χ0n) is 8.61. The van der Waals surface area contributed by atoms with Crippen molar-refractivity contribution in [1.29, 1.82) is 0 Å². The zero-order valence-corrected chi connectivity index (χ0v) is 8.61. The molecule has 2 unspecified atom stereocenters. The van der Waals surface area contributed by atoms with Crippen molar-refractivity contribution in [1.82, 2.24) is 9.97 Å². The summed E-state index contributed by atoms with van der Waals surface area (Å²) in [4.78, 5) is 8.60. The molecule has 0 saturated heterocycles. The number of hydrogen-bond acceptors (Lipinski definition) is 3. The van der Waals surface area contributed by atoms with Crippen LogP contribution in [0, 0.1) is 5.92 Å². The van der Waals surface area contributed by atoms with Gasteiger partial charge in [-0.25, -0.2) is 9.97 Å². The minimum atomic E-state index is 0.555. The molecule has 1 aliphatic carbocycles. The summed E-state index contributed by atoms with van der Waals surface area (Å²) in [5.74, 6) is 2.35. The first kappa shape index (κ1) is 9.44. The summed E-state index contributed by atoms with van der Waals surface area (Å²) in [5.41, 5.74) is 6.21. The average Bonchev–Trinajstić information content (AvgIpc) is 2.19. The fourth-order valence-electron chi connectivity index (χ4n) is 2.23. The Kier molecular flexibility index (Phi) is 2.66. The summed E-state index contributed by atoms with van der Waals surface area (Å²) >= 11 is 0. The van der Waals surface area contributed by atoms with Crippen LogP contribution in [0.5, 0.6) is 0 Å². The summed E-state index contributed by atoms with van der Waals surface area (Å²) in [7, 11) is 0. The SMILES string of the molecule is CC1CCCC(c2ncc(N)cn2)C1. The van der Waals surface area contributed by atoms with Crippen molar-refractivity contribution in [3.05, 3.63) is 18.2 Å². The Morgan fingerprint density at radius 2 is 2.00 bits per heavy atom. The standard InChI is InChI=1S/C11H17N3/c1-8-3-2-4-9(5-8)11-13-6-10(12)7-14-11/h6-9H,2-5,12H2,1H3. The summed E-state index contributed by atoms with van der Waals surface area (Å²) in [5, 5.41) is 0. The highest BCUT2D eigenvalue weighted by Gasteiger charge is 2.22. The lowest BCUT2D eigenvalue weighted by atomic mass is 9.82. The van der Waals surface area contributed by atoms with Crippen LogP contribution in [0.2, 0.25) is 0 Å². The predicted molar refractivity (Wildman–Crippen MR) is 56.8 cm³/mol. The van der Waals surface area contributed by atoms with Gasteiger partial charge in [-0.15, -0.1) is 0 Å². The second kappa shape index (κ2) is 3.95. The molecule has 0 aliphatic heterocycles. The summed E-state index contributed by atoms with van der Waals surface area (Å²) < 4.78 is 0. The maximum atomic E-state index is 5.56. The lowest BCUT2D eigenvalue weighted by Gasteiger charge is -2.25. The van der Waals surface area contributed by atoms with Crippen molar-refractivity contribution in [3.8, 4) is 0 Å². The van der Waals surface area contributed by atoms with Gasteiger partial charge < -0.3 is 5.73 Å². The molecule has 2 atom stereocenters. The molecule has 1 heterocycles. The van der Waals surface area contributed by atoms with E-state index in [0.29, 0.717) is 11.6 Å². The van der Waals surface area contributed by atoms with Crippen LogP contribution in [0.25, 0.3) is 0 Å². The molecule has 0 amide bonds. The minimum absolute atomic E-state index is 0.555. The lowest BCUT2D eigenvalue weighted by Crippen LogP contribution is -2.14. The molecule has 0 aromatic carbocycles. The van der Waals surface area contributed by atoms with Crippen LogP contribution in [0.3, 0.4) is 0 Å². The van der Waals surface area contributed by atoms with E-state index in [2.05, 4.69) is 16.9 Å². The fraction of sp³-hybridized carbons (Fsp3) is 0.636. The Morgan fingerprint density at radius 1 is 1.29 bits per heavy atom. The smallest absolute Gasteiger partial charge is 0.131 e.